The third-order valence-electron chi connectivity index (χ3n) is 7.70. The van der Waals surface area contributed by atoms with Gasteiger partial charge in [-0.15, -0.1) is 0 Å². The number of ether oxygens (including phenoxy) is 2. The zero-order chi connectivity index (χ0) is 32.2. The van der Waals surface area contributed by atoms with Crippen LogP contribution in [0.5, 0.6) is 5.75 Å². The van der Waals surface area contributed by atoms with Crippen LogP contribution in [-0.2, 0) is 11.3 Å². The van der Waals surface area contributed by atoms with Crippen LogP contribution in [0, 0.1) is 11.6 Å². The number of halogens is 2. The first-order valence-electron chi connectivity index (χ1n) is 15.2. The van der Waals surface area contributed by atoms with Gasteiger partial charge < -0.3 is 25.0 Å². The van der Waals surface area contributed by atoms with E-state index in [0.717, 1.165) is 22.4 Å². The van der Waals surface area contributed by atoms with Crippen LogP contribution in [0.3, 0.4) is 0 Å². The average molecular weight is 636 g/mol. The summed E-state index contributed by atoms with van der Waals surface area (Å²) in [4.78, 5) is 20.5. The lowest BCUT2D eigenvalue weighted by Gasteiger charge is -2.31. The highest BCUT2D eigenvalue weighted by Gasteiger charge is 2.26. The van der Waals surface area contributed by atoms with Gasteiger partial charge in [0.2, 0.25) is 0 Å². The number of hydrogen-bond acceptors (Lipinski definition) is 10. The Morgan fingerprint density at radius 1 is 0.830 bits per heavy atom. The van der Waals surface area contributed by atoms with Crippen LogP contribution < -0.4 is 20.3 Å². The van der Waals surface area contributed by atoms with Crippen molar-refractivity contribution in [3.63, 3.8) is 0 Å². The molecule has 1 fully saturated rings. The molecule has 2 aromatic carbocycles. The second-order valence-electron chi connectivity index (χ2n) is 10.7. The van der Waals surface area contributed by atoms with Gasteiger partial charge in [-0.25, -0.2) is 18.7 Å². The molecule has 238 valence electrons. The normalized spacial score (nSPS) is 13.1. The number of aromatic nitrogens is 6. The van der Waals surface area contributed by atoms with E-state index in [-0.39, 0.29) is 17.9 Å². The van der Waals surface area contributed by atoms with Crippen LogP contribution >= 0.6 is 0 Å². The van der Waals surface area contributed by atoms with Gasteiger partial charge >= 0.3 is 0 Å². The lowest BCUT2D eigenvalue weighted by atomic mass is 10.1. The molecule has 0 amide bonds. The number of para-hydroxylation sites is 1. The Kier molecular flexibility index (Phi) is 8.52. The van der Waals surface area contributed by atoms with E-state index in [1.165, 1.54) is 12.1 Å². The van der Waals surface area contributed by atoms with Crippen molar-refractivity contribution in [2.24, 2.45) is 0 Å². The van der Waals surface area contributed by atoms with Crippen molar-refractivity contribution in [1.82, 2.24) is 29.7 Å². The molecule has 0 atom stereocenters. The zero-order valence-electron chi connectivity index (χ0n) is 25.5. The van der Waals surface area contributed by atoms with E-state index >= 15 is 8.78 Å². The van der Waals surface area contributed by atoms with Crippen molar-refractivity contribution in [1.29, 1.82) is 0 Å². The topological polar surface area (TPSA) is 115 Å². The number of rotatable bonds is 10. The summed E-state index contributed by atoms with van der Waals surface area (Å²) in [5, 5.41) is 12.5. The standard InChI is InChI=1S/C34H31F2N9O2/c1-2-47-24-19-27(35)26(28(36)20-24)21-45-29-6-4-3-5-25(29)30(43-45)32-41-33(39-22-7-11-37-12-8-22)31(44-15-17-46-18-16-44)34(42-32)40-23-9-13-38-14-10-23/h3-14,19-20H,2,15-18,21H2,1H3,(H2,37,38,39,40,41,42). The molecular formula is C34H31F2N9O2. The van der Waals surface area contributed by atoms with Crippen molar-refractivity contribution >= 4 is 39.6 Å². The third-order valence-corrected chi connectivity index (χ3v) is 7.70. The SMILES string of the molecule is CCOc1cc(F)c(Cn2nc(-c3nc(Nc4ccncc4)c(N4CCOCC4)c(Nc4ccncc4)n3)c3ccccc32)c(F)c1. The highest BCUT2D eigenvalue weighted by atomic mass is 19.1. The monoisotopic (exact) mass is 635 g/mol. The summed E-state index contributed by atoms with van der Waals surface area (Å²) < 4.78 is 42.9. The molecule has 47 heavy (non-hydrogen) atoms. The molecule has 1 saturated heterocycles. The summed E-state index contributed by atoms with van der Waals surface area (Å²) in [5.74, 6) is 0.109. The van der Waals surface area contributed by atoms with Crippen molar-refractivity contribution in [3.8, 4) is 17.3 Å². The lowest BCUT2D eigenvalue weighted by Crippen LogP contribution is -2.37. The molecule has 0 radical (unpaired) electrons. The minimum atomic E-state index is -0.714. The zero-order valence-corrected chi connectivity index (χ0v) is 25.5. The number of fused-ring (bicyclic) bond motifs is 1. The molecule has 0 spiro atoms. The molecule has 1 aliphatic rings. The van der Waals surface area contributed by atoms with Gasteiger partial charge in [-0.05, 0) is 37.3 Å². The molecule has 5 heterocycles. The van der Waals surface area contributed by atoms with Gasteiger partial charge in [-0.1, -0.05) is 18.2 Å². The molecule has 0 saturated carbocycles. The summed E-state index contributed by atoms with van der Waals surface area (Å²) in [6.45, 7) is 4.28. The van der Waals surface area contributed by atoms with Gasteiger partial charge in [0.15, 0.2) is 17.5 Å². The number of nitrogens with one attached hydrogen (secondary N) is 2. The first-order chi connectivity index (χ1) is 23.1. The van der Waals surface area contributed by atoms with Crippen LogP contribution in [-0.4, -0.2) is 62.6 Å². The highest BCUT2D eigenvalue weighted by molar-refractivity contribution is 5.93. The molecule has 6 aromatic rings. The number of nitrogens with zero attached hydrogens (tertiary/aromatic N) is 7. The fourth-order valence-corrected chi connectivity index (χ4v) is 5.51. The van der Waals surface area contributed by atoms with E-state index in [2.05, 4.69) is 25.5 Å². The molecule has 0 bridgehead atoms. The van der Waals surface area contributed by atoms with Gasteiger partial charge in [0.1, 0.15) is 28.8 Å². The van der Waals surface area contributed by atoms with E-state index in [1.807, 2.05) is 48.5 Å². The van der Waals surface area contributed by atoms with E-state index in [4.69, 9.17) is 24.5 Å². The lowest BCUT2D eigenvalue weighted by molar-refractivity contribution is 0.123. The first kappa shape index (κ1) is 30.0. The molecule has 13 heteroatoms. The second-order valence-corrected chi connectivity index (χ2v) is 10.7. The molecule has 11 nitrogen and oxygen atoms in total. The fraction of sp³-hybridized carbons (Fsp3) is 0.206. The summed E-state index contributed by atoms with van der Waals surface area (Å²) in [7, 11) is 0. The number of hydrogen-bond donors (Lipinski definition) is 2. The Bertz CT molecular complexity index is 1920. The summed E-state index contributed by atoms with van der Waals surface area (Å²) in [5.41, 5.74) is 3.32. The Hall–Kier alpha value is -5.69. The largest absolute Gasteiger partial charge is 0.494 e. The smallest absolute Gasteiger partial charge is 0.184 e. The molecule has 1 aliphatic heterocycles. The van der Waals surface area contributed by atoms with Crippen LogP contribution in [0.15, 0.2) is 85.5 Å². The first-order valence-corrected chi connectivity index (χ1v) is 15.2. The maximum atomic E-state index is 15.2. The average Bonchev–Trinajstić information content (AvgIpc) is 3.46. The second kappa shape index (κ2) is 13.3. The Morgan fingerprint density at radius 2 is 1.43 bits per heavy atom. The maximum Gasteiger partial charge on any atom is 0.184 e. The van der Waals surface area contributed by atoms with Crippen LogP contribution in [0.25, 0.3) is 22.4 Å². The van der Waals surface area contributed by atoms with Crippen molar-refractivity contribution in [2.45, 2.75) is 13.5 Å². The Balaban J connectivity index is 1.38. The number of pyridine rings is 2. The van der Waals surface area contributed by atoms with Gasteiger partial charge in [0.05, 0.1) is 31.9 Å². The van der Waals surface area contributed by atoms with Gasteiger partial charge in [-0.2, -0.15) is 5.10 Å². The number of morpholine rings is 1. The molecule has 4 aromatic heterocycles. The predicted molar refractivity (Wildman–Crippen MR) is 175 cm³/mol. The van der Waals surface area contributed by atoms with Crippen molar-refractivity contribution < 1.29 is 18.3 Å². The summed E-state index contributed by atoms with van der Waals surface area (Å²) >= 11 is 0. The van der Waals surface area contributed by atoms with Gasteiger partial charge in [0.25, 0.3) is 0 Å². The Labute approximate surface area is 269 Å². The van der Waals surface area contributed by atoms with E-state index in [0.29, 0.717) is 61.6 Å². The molecular weight excluding hydrogens is 604 g/mol. The molecule has 7 rings (SSSR count). The van der Waals surface area contributed by atoms with Crippen molar-refractivity contribution in [2.75, 3.05) is 48.4 Å². The number of anilines is 5. The number of benzene rings is 2. The van der Waals surface area contributed by atoms with E-state index in [1.54, 1.807) is 36.4 Å². The van der Waals surface area contributed by atoms with Crippen LogP contribution in [0.4, 0.5) is 37.5 Å². The Morgan fingerprint density at radius 3 is 2.02 bits per heavy atom. The van der Waals surface area contributed by atoms with Gasteiger partial charge in [-0.3, -0.25) is 14.6 Å². The quantitative estimate of drug-likeness (QED) is 0.177. The summed E-state index contributed by atoms with van der Waals surface area (Å²) in [6, 6.07) is 17.3. The van der Waals surface area contributed by atoms with Crippen LogP contribution in [0.1, 0.15) is 12.5 Å². The molecule has 0 aliphatic carbocycles. The van der Waals surface area contributed by atoms with Crippen molar-refractivity contribution in [3.05, 3.63) is 103 Å². The predicted octanol–water partition coefficient (Wildman–Crippen LogP) is 6.33. The maximum absolute atomic E-state index is 15.2. The highest BCUT2D eigenvalue weighted by Crippen LogP contribution is 2.39. The van der Waals surface area contributed by atoms with E-state index in [9.17, 15) is 0 Å². The molecule has 0 unspecified atom stereocenters. The van der Waals surface area contributed by atoms with Gasteiger partial charge in [0, 0.05) is 72.3 Å². The minimum Gasteiger partial charge on any atom is -0.494 e. The fourth-order valence-electron chi connectivity index (χ4n) is 5.51. The van der Waals surface area contributed by atoms with E-state index < -0.39 is 11.6 Å². The minimum absolute atomic E-state index is 0.128. The summed E-state index contributed by atoms with van der Waals surface area (Å²) in [6.07, 6.45) is 6.79. The molecule has 2 N–H and O–H groups in total. The van der Waals surface area contributed by atoms with Crippen LogP contribution in [0.2, 0.25) is 0 Å². The third kappa shape index (κ3) is 6.38.